The van der Waals surface area contributed by atoms with Crippen LogP contribution in [0.15, 0.2) is 71.7 Å². The van der Waals surface area contributed by atoms with Crippen LogP contribution >= 0.6 is 0 Å². The lowest BCUT2D eigenvalue weighted by Gasteiger charge is -2.31. The first-order valence-corrected chi connectivity index (χ1v) is 9.60. The lowest BCUT2D eigenvalue weighted by Crippen LogP contribution is -2.32. The van der Waals surface area contributed by atoms with Gasteiger partial charge < -0.3 is 14.8 Å². The van der Waals surface area contributed by atoms with E-state index in [0.29, 0.717) is 28.1 Å². The summed E-state index contributed by atoms with van der Waals surface area (Å²) in [5.74, 6) is -1.61. The van der Waals surface area contributed by atoms with Crippen molar-refractivity contribution < 1.29 is 19.1 Å². The van der Waals surface area contributed by atoms with Crippen molar-refractivity contribution in [3.8, 4) is 0 Å². The first-order chi connectivity index (χ1) is 14.1. The first-order valence-electron chi connectivity index (χ1n) is 9.60. The lowest BCUT2D eigenvalue weighted by molar-refractivity contribution is -0.139. The molecule has 1 aromatic heterocycles. The van der Waals surface area contributed by atoms with Gasteiger partial charge in [-0.2, -0.15) is 0 Å². The number of pyridine rings is 1. The maximum absolute atomic E-state index is 13.1. The third-order valence-corrected chi connectivity index (χ3v) is 4.63. The number of aromatic nitrogens is 1. The molecular formula is C23H24N2O4. The molecule has 0 bridgehead atoms. The molecule has 3 rings (SSSR count). The van der Waals surface area contributed by atoms with Gasteiger partial charge >= 0.3 is 11.9 Å². The number of allylic oxidation sites excluding steroid dienone is 1. The van der Waals surface area contributed by atoms with Crippen molar-refractivity contribution in [2.75, 3.05) is 13.2 Å². The summed E-state index contributed by atoms with van der Waals surface area (Å²) in [5, 5.41) is 3.25. The zero-order chi connectivity index (χ0) is 20.8. The van der Waals surface area contributed by atoms with Crippen LogP contribution < -0.4 is 5.32 Å². The largest absolute Gasteiger partial charge is 0.463 e. The summed E-state index contributed by atoms with van der Waals surface area (Å²) in [6.07, 6.45) is 3.31. The van der Waals surface area contributed by atoms with E-state index in [2.05, 4.69) is 10.3 Å². The van der Waals surface area contributed by atoms with Gasteiger partial charge in [0.15, 0.2) is 0 Å². The fourth-order valence-corrected chi connectivity index (χ4v) is 3.45. The van der Waals surface area contributed by atoms with Crippen LogP contribution in [0.25, 0.3) is 5.70 Å². The standard InChI is InChI=1S/C23H24N2O4/c1-4-28-22(26)18-15(3)25-21(16-10-7-6-8-11-16)20(23(27)29-5-2)19(18)17-12-9-13-24-14-17/h6-14,19,25H,4-5H2,1-3H3. The SMILES string of the molecule is CCOC(=O)C1=C(C)NC(c2ccccc2)=C(C(=O)OCC)C1c1cccnc1. The van der Waals surface area contributed by atoms with E-state index < -0.39 is 17.9 Å². The molecule has 29 heavy (non-hydrogen) atoms. The summed E-state index contributed by atoms with van der Waals surface area (Å²) in [6.45, 7) is 5.77. The van der Waals surface area contributed by atoms with Crippen LogP contribution in [0.4, 0.5) is 0 Å². The van der Waals surface area contributed by atoms with Crippen LogP contribution in [0.2, 0.25) is 0 Å². The van der Waals surface area contributed by atoms with E-state index in [4.69, 9.17) is 9.47 Å². The maximum atomic E-state index is 13.1. The molecule has 1 N–H and O–H groups in total. The van der Waals surface area contributed by atoms with E-state index in [1.54, 1.807) is 39.2 Å². The Kier molecular flexibility index (Phi) is 6.44. The second-order valence-electron chi connectivity index (χ2n) is 6.48. The van der Waals surface area contributed by atoms with Crippen LogP contribution in [0, 0.1) is 0 Å². The molecule has 2 heterocycles. The highest BCUT2D eigenvalue weighted by Crippen LogP contribution is 2.41. The number of esters is 2. The second kappa shape index (κ2) is 9.19. The smallest absolute Gasteiger partial charge is 0.337 e. The van der Waals surface area contributed by atoms with Crippen molar-refractivity contribution in [3.05, 3.63) is 82.8 Å². The number of carbonyl (C=O) groups is 2. The fraction of sp³-hybridized carbons (Fsp3) is 0.261. The first kappa shape index (κ1) is 20.3. The summed E-state index contributed by atoms with van der Waals surface area (Å²) in [6, 6.07) is 13.1. The lowest BCUT2D eigenvalue weighted by atomic mass is 9.79. The van der Waals surface area contributed by atoms with Crippen LogP contribution in [0.5, 0.6) is 0 Å². The topological polar surface area (TPSA) is 77.5 Å². The maximum Gasteiger partial charge on any atom is 0.337 e. The number of benzene rings is 1. The molecule has 150 valence electrons. The molecule has 0 saturated carbocycles. The fourth-order valence-electron chi connectivity index (χ4n) is 3.45. The zero-order valence-electron chi connectivity index (χ0n) is 16.8. The van der Waals surface area contributed by atoms with Crippen LogP contribution in [-0.2, 0) is 19.1 Å². The predicted molar refractivity (Wildman–Crippen MR) is 109 cm³/mol. The number of rotatable bonds is 6. The van der Waals surface area contributed by atoms with E-state index in [9.17, 15) is 9.59 Å². The van der Waals surface area contributed by atoms with E-state index in [1.807, 2.05) is 36.4 Å². The quantitative estimate of drug-likeness (QED) is 0.757. The number of dihydropyridines is 1. The molecule has 2 aromatic rings. The molecule has 0 amide bonds. The minimum Gasteiger partial charge on any atom is -0.463 e. The summed E-state index contributed by atoms with van der Waals surface area (Å²) >= 11 is 0. The number of carbonyl (C=O) groups excluding carboxylic acids is 2. The van der Waals surface area contributed by atoms with Gasteiger partial charge in [-0.1, -0.05) is 36.4 Å². The normalized spacial score (nSPS) is 16.3. The Balaban J connectivity index is 2.27. The number of hydrogen-bond donors (Lipinski definition) is 1. The average Bonchev–Trinajstić information content (AvgIpc) is 2.74. The van der Waals surface area contributed by atoms with E-state index >= 15 is 0 Å². The van der Waals surface area contributed by atoms with Gasteiger partial charge in [-0.25, -0.2) is 9.59 Å². The second-order valence-corrected chi connectivity index (χ2v) is 6.48. The Morgan fingerprint density at radius 3 is 2.21 bits per heavy atom. The molecular weight excluding hydrogens is 368 g/mol. The summed E-state index contributed by atoms with van der Waals surface area (Å²) < 4.78 is 10.7. The summed E-state index contributed by atoms with van der Waals surface area (Å²) in [5.41, 5.74) is 3.52. The van der Waals surface area contributed by atoms with Gasteiger partial charge in [-0.15, -0.1) is 0 Å². The van der Waals surface area contributed by atoms with Crippen molar-refractivity contribution >= 4 is 17.6 Å². The average molecular weight is 392 g/mol. The highest BCUT2D eigenvalue weighted by atomic mass is 16.5. The molecule has 6 nitrogen and oxygen atoms in total. The van der Waals surface area contributed by atoms with Gasteiger partial charge in [0.05, 0.1) is 36.0 Å². The zero-order valence-corrected chi connectivity index (χ0v) is 16.8. The Labute approximate surface area is 170 Å². The minimum atomic E-state index is -0.654. The van der Waals surface area contributed by atoms with Gasteiger partial charge in [0.2, 0.25) is 0 Å². The van der Waals surface area contributed by atoms with Gasteiger partial charge in [0.25, 0.3) is 0 Å². The molecule has 0 aliphatic carbocycles. The molecule has 0 fully saturated rings. The Hall–Kier alpha value is -3.41. The Morgan fingerprint density at radius 1 is 0.966 bits per heavy atom. The van der Waals surface area contributed by atoms with Crippen molar-refractivity contribution in [2.24, 2.45) is 0 Å². The molecule has 1 unspecified atom stereocenters. The van der Waals surface area contributed by atoms with Crippen molar-refractivity contribution in [1.29, 1.82) is 0 Å². The third kappa shape index (κ3) is 4.21. The molecule has 0 radical (unpaired) electrons. The van der Waals surface area contributed by atoms with Gasteiger partial charge in [-0.3, -0.25) is 4.98 Å². The van der Waals surface area contributed by atoms with Gasteiger partial charge in [0, 0.05) is 18.1 Å². The molecule has 1 atom stereocenters. The summed E-state index contributed by atoms with van der Waals surface area (Å²) in [7, 11) is 0. The molecule has 1 aliphatic heterocycles. The number of ether oxygens (including phenoxy) is 2. The number of nitrogens with zero attached hydrogens (tertiary/aromatic N) is 1. The molecule has 6 heteroatoms. The third-order valence-electron chi connectivity index (χ3n) is 4.63. The van der Waals surface area contributed by atoms with E-state index in [0.717, 1.165) is 5.56 Å². The minimum absolute atomic E-state index is 0.224. The van der Waals surface area contributed by atoms with Gasteiger partial charge in [-0.05, 0) is 38.0 Å². The van der Waals surface area contributed by atoms with E-state index in [-0.39, 0.29) is 13.2 Å². The Bertz CT molecular complexity index is 949. The molecule has 1 aliphatic rings. The number of hydrogen-bond acceptors (Lipinski definition) is 6. The van der Waals surface area contributed by atoms with Crippen LogP contribution in [0.3, 0.4) is 0 Å². The monoisotopic (exact) mass is 392 g/mol. The van der Waals surface area contributed by atoms with Crippen molar-refractivity contribution in [2.45, 2.75) is 26.7 Å². The highest BCUT2D eigenvalue weighted by molar-refractivity contribution is 6.05. The Morgan fingerprint density at radius 2 is 1.62 bits per heavy atom. The molecule has 1 aromatic carbocycles. The summed E-state index contributed by atoms with van der Waals surface area (Å²) in [4.78, 5) is 30.1. The highest BCUT2D eigenvalue weighted by Gasteiger charge is 2.39. The predicted octanol–water partition coefficient (Wildman–Crippen LogP) is 3.58. The van der Waals surface area contributed by atoms with Crippen LogP contribution in [0.1, 0.15) is 37.8 Å². The van der Waals surface area contributed by atoms with Crippen molar-refractivity contribution in [3.63, 3.8) is 0 Å². The molecule has 0 spiro atoms. The number of nitrogens with one attached hydrogen (secondary N) is 1. The van der Waals surface area contributed by atoms with E-state index in [1.165, 1.54) is 0 Å². The molecule has 0 saturated heterocycles. The van der Waals surface area contributed by atoms with Gasteiger partial charge in [0.1, 0.15) is 0 Å². The van der Waals surface area contributed by atoms with Crippen molar-refractivity contribution in [1.82, 2.24) is 10.3 Å². The van der Waals surface area contributed by atoms with Crippen LogP contribution in [-0.4, -0.2) is 30.1 Å².